The normalized spacial score (nSPS) is 15.1. The van der Waals surface area contributed by atoms with Crippen molar-refractivity contribution in [1.29, 1.82) is 0 Å². The molecule has 1 aromatic carbocycles. The molecule has 0 amide bonds. The first-order valence-electron chi connectivity index (χ1n) is 5.84. The Morgan fingerprint density at radius 3 is 2.65 bits per heavy atom. The minimum absolute atomic E-state index is 0.0680. The van der Waals surface area contributed by atoms with Gasteiger partial charge in [-0.25, -0.2) is 13.1 Å². The van der Waals surface area contributed by atoms with Crippen molar-refractivity contribution in [1.82, 2.24) is 4.72 Å². The first-order valence-corrected chi connectivity index (χ1v) is 8.08. The summed E-state index contributed by atoms with van der Waals surface area (Å²) in [5.41, 5.74) is -1.21. The summed E-state index contributed by atoms with van der Waals surface area (Å²) in [6.07, 6.45) is 0.301. The molecule has 1 unspecified atom stereocenters. The lowest BCUT2D eigenvalue weighted by molar-refractivity contribution is 0.0292. The molecule has 0 radical (unpaired) electrons. The molecule has 0 aliphatic rings. The Kier molecular flexibility index (Phi) is 6.25. The summed E-state index contributed by atoms with van der Waals surface area (Å²) in [4.78, 5) is -0.116. The third kappa shape index (κ3) is 5.20. The molecule has 114 valence electrons. The smallest absolute Gasteiger partial charge is 0.242 e. The van der Waals surface area contributed by atoms with Gasteiger partial charge in [0.15, 0.2) is 0 Å². The molecule has 20 heavy (non-hydrogen) atoms. The zero-order valence-electron chi connectivity index (χ0n) is 11.2. The minimum Gasteiger partial charge on any atom is -0.389 e. The molecule has 1 aromatic rings. The second kappa shape index (κ2) is 7.06. The van der Waals surface area contributed by atoms with E-state index in [0.717, 1.165) is 0 Å². The molecule has 0 aliphatic heterocycles. The van der Waals surface area contributed by atoms with Gasteiger partial charge in [0.25, 0.3) is 0 Å². The lowest BCUT2D eigenvalue weighted by atomic mass is 10.0. The predicted octanol–water partition coefficient (Wildman–Crippen LogP) is 2.06. The van der Waals surface area contributed by atoms with Crippen LogP contribution in [-0.2, 0) is 14.8 Å². The molecule has 0 fully saturated rings. The Bertz CT molecular complexity index is 561. The first kappa shape index (κ1) is 17.7. The molecule has 2 N–H and O–H groups in total. The highest BCUT2D eigenvalue weighted by atomic mass is 35.5. The van der Waals surface area contributed by atoms with Crippen LogP contribution in [0.15, 0.2) is 23.1 Å². The van der Waals surface area contributed by atoms with Gasteiger partial charge in [0.05, 0.1) is 10.6 Å². The number of aliphatic hydroxyl groups is 1. The molecule has 0 saturated heterocycles. The van der Waals surface area contributed by atoms with Gasteiger partial charge in [0.2, 0.25) is 10.0 Å². The highest BCUT2D eigenvalue weighted by Crippen LogP contribution is 2.25. The number of methoxy groups -OCH3 is 1. The van der Waals surface area contributed by atoms with Crippen LogP contribution in [0.5, 0.6) is 0 Å². The molecule has 0 saturated carbocycles. The number of halogens is 2. The van der Waals surface area contributed by atoms with Crippen molar-refractivity contribution in [2.75, 3.05) is 20.3 Å². The van der Waals surface area contributed by atoms with Crippen LogP contribution in [0.2, 0.25) is 10.0 Å². The van der Waals surface area contributed by atoms with Crippen LogP contribution in [0.25, 0.3) is 0 Å². The number of hydrogen-bond acceptors (Lipinski definition) is 4. The predicted molar refractivity (Wildman–Crippen MR) is 78.8 cm³/mol. The average Bonchev–Trinajstić information content (AvgIpc) is 2.37. The van der Waals surface area contributed by atoms with Gasteiger partial charge in [-0.3, -0.25) is 0 Å². The Labute approximate surface area is 128 Å². The summed E-state index contributed by atoms with van der Waals surface area (Å²) in [6, 6.07) is 4.16. The quantitative estimate of drug-likeness (QED) is 0.795. The monoisotopic (exact) mass is 341 g/mol. The molecule has 8 heteroatoms. The van der Waals surface area contributed by atoms with Crippen molar-refractivity contribution in [2.45, 2.75) is 23.8 Å². The van der Waals surface area contributed by atoms with Crippen molar-refractivity contribution in [2.24, 2.45) is 0 Å². The van der Waals surface area contributed by atoms with Crippen LogP contribution in [-0.4, -0.2) is 39.4 Å². The lowest BCUT2D eigenvalue weighted by Crippen LogP contribution is -2.41. The number of nitrogens with one attached hydrogen (secondary N) is 1. The summed E-state index contributed by atoms with van der Waals surface area (Å²) < 4.78 is 31.4. The summed E-state index contributed by atoms with van der Waals surface area (Å²) in [7, 11) is -2.33. The Morgan fingerprint density at radius 2 is 2.05 bits per heavy atom. The van der Waals surface area contributed by atoms with E-state index in [4.69, 9.17) is 27.9 Å². The van der Waals surface area contributed by atoms with Crippen molar-refractivity contribution >= 4 is 33.2 Å². The van der Waals surface area contributed by atoms with E-state index in [1.807, 2.05) is 0 Å². The largest absolute Gasteiger partial charge is 0.389 e. The maximum Gasteiger partial charge on any atom is 0.242 e. The fraction of sp³-hybridized carbons (Fsp3) is 0.500. The van der Waals surface area contributed by atoms with Gasteiger partial charge in [0, 0.05) is 31.7 Å². The van der Waals surface area contributed by atoms with E-state index >= 15 is 0 Å². The average molecular weight is 342 g/mol. The molecular formula is C12H17Cl2NO4S. The zero-order chi connectivity index (χ0) is 15.4. The van der Waals surface area contributed by atoms with Crippen LogP contribution in [0.4, 0.5) is 0 Å². The summed E-state index contributed by atoms with van der Waals surface area (Å²) in [5.74, 6) is 0. The Morgan fingerprint density at radius 1 is 1.40 bits per heavy atom. The Balaban J connectivity index is 2.83. The van der Waals surface area contributed by atoms with Crippen LogP contribution in [0.1, 0.15) is 13.3 Å². The lowest BCUT2D eigenvalue weighted by Gasteiger charge is -2.23. The van der Waals surface area contributed by atoms with Gasteiger partial charge >= 0.3 is 0 Å². The van der Waals surface area contributed by atoms with Crippen LogP contribution >= 0.6 is 23.2 Å². The maximum atomic E-state index is 12.1. The minimum atomic E-state index is -3.84. The van der Waals surface area contributed by atoms with Crippen LogP contribution in [0.3, 0.4) is 0 Å². The first-order chi connectivity index (χ1) is 9.18. The molecule has 0 aromatic heterocycles. The molecule has 0 bridgehead atoms. The third-order valence-corrected chi connectivity index (χ3v) is 4.79. The second-order valence-corrected chi connectivity index (χ2v) is 7.22. The van der Waals surface area contributed by atoms with E-state index in [1.165, 1.54) is 32.2 Å². The van der Waals surface area contributed by atoms with Gasteiger partial charge in [-0.05, 0) is 25.1 Å². The van der Waals surface area contributed by atoms with Crippen LogP contribution in [0, 0.1) is 0 Å². The van der Waals surface area contributed by atoms with Crippen molar-refractivity contribution in [3.8, 4) is 0 Å². The number of sulfonamides is 1. The zero-order valence-corrected chi connectivity index (χ0v) is 13.5. The maximum absolute atomic E-state index is 12.1. The SMILES string of the molecule is COCCC(C)(O)CNS(=O)(=O)c1cc(Cl)ccc1Cl. The summed E-state index contributed by atoms with van der Waals surface area (Å²) in [5, 5.41) is 10.3. The van der Waals surface area contributed by atoms with Crippen molar-refractivity contribution < 1.29 is 18.3 Å². The van der Waals surface area contributed by atoms with E-state index in [0.29, 0.717) is 13.0 Å². The summed E-state index contributed by atoms with van der Waals surface area (Å²) >= 11 is 11.6. The van der Waals surface area contributed by atoms with Gasteiger partial charge in [-0.15, -0.1) is 0 Å². The van der Waals surface area contributed by atoms with E-state index in [1.54, 1.807) is 0 Å². The van der Waals surface area contributed by atoms with E-state index in [-0.39, 0.29) is 21.5 Å². The van der Waals surface area contributed by atoms with Crippen molar-refractivity contribution in [3.63, 3.8) is 0 Å². The molecule has 1 rings (SSSR count). The van der Waals surface area contributed by atoms with E-state index in [2.05, 4.69) is 4.72 Å². The van der Waals surface area contributed by atoms with Gasteiger partial charge in [-0.2, -0.15) is 0 Å². The van der Waals surface area contributed by atoms with E-state index in [9.17, 15) is 13.5 Å². The standard InChI is InChI=1S/C12H17Cl2NO4S/c1-12(16,5-6-19-2)8-15-20(17,18)11-7-9(13)3-4-10(11)14/h3-4,7,15-16H,5-6,8H2,1-2H3. The molecule has 0 spiro atoms. The number of rotatable bonds is 7. The number of benzene rings is 1. The second-order valence-electron chi connectivity index (χ2n) is 4.64. The Hall–Kier alpha value is -0.370. The van der Waals surface area contributed by atoms with Gasteiger partial charge in [0.1, 0.15) is 4.90 Å². The molecular weight excluding hydrogens is 325 g/mol. The number of hydrogen-bond donors (Lipinski definition) is 2. The van der Waals surface area contributed by atoms with Crippen molar-refractivity contribution in [3.05, 3.63) is 28.2 Å². The number of ether oxygens (including phenoxy) is 1. The topological polar surface area (TPSA) is 75.6 Å². The van der Waals surface area contributed by atoms with Gasteiger partial charge < -0.3 is 9.84 Å². The van der Waals surface area contributed by atoms with E-state index < -0.39 is 15.6 Å². The third-order valence-electron chi connectivity index (χ3n) is 2.67. The fourth-order valence-corrected chi connectivity index (χ4v) is 3.34. The fourth-order valence-electron chi connectivity index (χ4n) is 1.42. The molecule has 0 heterocycles. The molecule has 5 nitrogen and oxygen atoms in total. The van der Waals surface area contributed by atoms with Gasteiger partial charge in [-0.1, -0.05) is 23.2 Å². The highest BCUT2D eigenvalue weighted by Gasteiger charge is 2.25. The van der Waals surface area contributed by atoms with Crippen LogP contribution < -0.4 is 4.72 Å². The molecule has 0 aliphatic carbocycles. The highest BCUT2D eigenvalue weighted by molar-refractivity contribution is 7.89. The molecule has 1 atom stereocenters. The summed E-state index contributed by atoms with van der Waals surface area (Å²) in [6.45, 7) is 1.70.